The first-order valence-electron chi connectivity index (χ1n) is 7.76. The molecule has 2 amide bonds. The van der Waals surface area contributed by atoms with Gasteiger partial charge in [-0.2, -0.15) is 0 Å². The second-order valence-electron chi connectivity index (χ2n) is 6.49. The number of nitrogens with zero attached hydrogens (tertiary/aromatic N) is 2. The monoisotopic (exact) mass is 319 g/mol. The maximum Gasteiger partial charge on any atom is 0.254 e. The third-order valence-electron chi connectivity index (χ3n) is 4.06. The predicted molar refractivity (Wildman–Crippen MR) is 88.5 cm³/mol. The molecule has 23 heavy (non-hydrogen) atoms. The molecule has 1 aliphatic heterocycles. The van der Waals surface area contributed by atoms with E-state index in [4.69, 9.17) is 10.5 Å². The maximum absolute atomic E-state index is 12.6. The van der Waals surface area contributed by atoms with Crippen LogP contribution in [0.15, 0.2) is 18.2 Å². The molecule has 1 fully saturated rings. The number of methoxy groups -OCH3 is 1. The fraction of sp³-hybridized carbons (Fsp3) is 0.529. The minimum atomic E-state index is -0.878. The van der Waals surface area contributed by atoms with Gasteiger partial charge in [-0.05, 0) is 38.5 Å². The summed E-state index contributed by atoms with van der Waals surface area (Å²) in [7, 11) is 1.59. The molecule has 0 radical (unpaired) electrons. The lowest BCUT2D eigenvalue weighted by Crippen LogP contribution is -2.57. The number of hydrogen-bond donors (Lipinski definition) is 1. The quantitative estimate of drug-likeness (QED) is 0.903. The van der Waals surface area contributed by atoms with Crippen LogP contribution in [0, 0.1) is 6.92 Å². The molecule has 1 aromatic rings. The number of piperazine rings is 1. The molecule has 126 valence electrons. The molecule has 0 spiro atoms. The van der Waals surface area contributed by atoms with Crippen molar-refractivity contribution in [3.05, 3.63) is 29.3 Å². The zero-order chi connectivity index (χ0) is 17.2. The zero-order valence-corrected chi connectivity index (χ0v) is 14.3. The Morgan fingerprint density at radius 1 is 1.13 bits per heavy atom. The molecule has 0 saturated carbocycles. The van der Waals surface area contributed by atoms with Gasteiger partial charge in [0.1, 0.15) is 5.75 Å². The Hall–Kier alpha value is -2.08. The molecule has 0 aliphatic carbocycles. The summed E-state index contributed by atoms with van der Waals surface area (Å²) in [5.74, 6) is 0.582. The van der Waals surface area contributed by atoms with E-state index in [-0.39, 0.29) is 11.8 Å². The molecular formula is C17H25N3O3. The van der Waals surface area contributed by atoms with Crippen LogP contribution in [-0.4, -0.2) is 60.4 Å². The molecule has 0 atom stereocenters. The van der Waals surface area contributed by atoms with Crippen molar-refractivity contribution in [3.63, 3.8) is 0 Å². The number of benzene rings is 1. The van der Waals surface area contributed by atoms with Gasteiger partial charge in [0.2, 0.25) is 5.91 Å². The minimum absolute atomic E-state index is 0.0394. The molecule has 1 heterocycles. The van der Waals surface area contributed by atoms with Gasteiger partial charge in [-0.3, -0.25) is 9.59 Å². The number of carbonyl (C=O) groups excluding carboxylic acids is 2. The van der Waals surface area contributed by atoms with E-state index in [1.165, 1.54) is 0 Å². The van der Waals surface area contributed by atoms with E-state index in [2.05, 4.69) is 0 Å². The highest BCUT2D eigenvalue weighted by atomic mass is 16.5. The van der Waals surface area contributed by atoms with Crippen LogP contribution in [0.2, 0.25) is 0 Å². The first kappa shape index (κ1) is 17.3. The van der Waals surface area contributed by atoms with E-state index >= 15 is 0 Å². The zero-order valence-electron chi connectivity index (χ0n) is 14.3. The van der Waals surface area contributed by atoms with Crippen molar-refractivity contribution in [3.8, 4) is 5.75 Å². The summed E-state index contributed by atoms with van der Waals surface area (Å²) >= 11 is 0. The Morgan fingerprint density at radius 3 is 2.22 bits per heavy atom. The average Bonchev–Trinajstić information content (AvgIpc) is 2.53. The third-order valence-corrected chi connectivity index (χ3v) is 4.06. The first-order chi connectivity index (χ1) is 10.7. The summed E-state index contributed by atoms with van der Waals surface area (Å²) in [4.78, 5) is 28.2. The van der Waals surface area contributed by atoms with Gasteiger partial charge in [-0.25, -0.2) is 0 Å². The van der Waals surface area contributed by atoms with E-state index in [0.717, 1.165) is 5.56 Å². The normalized spacial score (nSPS) is 15.5. The van der Waals surface area contributed by atoms with Crippen LogP contribution in [0.25, 0.3) is 0 Å². The third kappa shape index (κ3) is 3.82. The van der Waals surface area contributed by atoms with Crippen molar-refractivity contribution < 1.29 is 14.3 Å². The van der Waals surface area contributed by atoms with Crippen LogP contribution in [0.3, 0.4) is 0 Å². The van der Waals surface area contributed by atoms with Crippen molar-refractivity contribution in [2.24, 2.45) is 5.73 Å². The summed E-state index contributed by atoms with van der Waals surface area (Å²) in [6, 6.07) is 5.45. The number of hydrogen-bond acceptors (Lipinski definition) is 4. The highest BCUT2D eigenvalue weighted by Crippen LogP contribution is 2.20. The molecule has 0 unspecified atom stereocenters. The Balaban J connectivity index is 2.03. The number of carbonyl (C=O) groups is 2. The van der Waals surface area contributed by atoms with Crippen LogP contribution in [-0.2, 0) is 4.79 Å². The van der Waals surface area contributed by atoms with Gasteiger partial charge in [0.25, 0.3) is 5.91 Å². The molecule has 0 aromatic heterocycles. The SMILES string of the molecule is COc1cc(C(=O)N2CCN(C(=O)C(C)(C)N)CC2)ccc1C. The van der Waals surface area contributed by atoms with Crippen LogP contribution in [0.5, 0.6) is 5.75 Å². The van der Waals surface area contributed by atoms with Gasteiger partial charge in [0.15, 0.2) is 0 Å². The molecule has 2 rings (SSSR count). The summed E-state index contributed by atoms with van der Waals surface area (Å²) in [5, 5.41) is 0. The van der Waals surface area contributed by atoms with Crippen LogP contribution >= 0.6 is 0 Å². The number of nitrogens with two attached hydrogens (primary N) is 1. The largest absolute Gasteiger partial charge is 0.496 e. The number of ether oxygens (including phenoxy) is 1. The van der Waals surface area contributed by atoms with E-state index < -0.39 is 5.54 Å². The Kier molecular flexibility index (Phi) is 4.94. The van der Waals surface area contributed by atoms with Crippen molar-refractivity contribution in [2.75, 3.05) is 33.3 Å². The van der Waals surface area contributed by atoms with Crippen molar-refractivity contribution in [1.82, 2.24) is 9.80 Å². The molecular weight excluding hydrogens is 294 g/mol. The van der Waals surface area contributed by atoms with Gasteiger partial charge in [0.05, 0.1) is 12.6 Å². The molecule has 2 N–H and O–H groups in total. The highest BCUT2D eigenvalue weighted by Gasteiger charge is 2.31. The van der Waals surface area contributed by atoms with E-state index in [1.807, 2.05) is 13.0 Å². The Labute approximate surface area is 137 Å². The number of aryl methyl sites for hydroxylation is 1. The molecule has 0 bridgehead atoms. The second kappa shape index (κ2) is 6.58. The number of amides is 2. The van der Waals surface area contributed by atoms with E-state index in [0.29, 0.717) is 37.5 Å². The average molecular weight is 319 g/mol. The fourth-order valence-corrected chi connectivity index (χ4v) is 2.66. The summed E-state index contributed by atoms with van der Waals surface area (Å²) in [6.45, 7) is 7.37. The minimum Gasteiger partial charge on any atom is -0.496 e. The Morgan fingerprint density at radius 2 is 1.70 bits per heavy atom. The maximum atomic E-state index is 12.6. The van der Waals surface area contributed by atoms with Gasteiger partial charge < -0.3 is 20.3 Å². The summed E-state index contributed by atoms with van der Waals surface area (Å²) < 4.78 is 5.27. The van der Waals surface area contributed by atoms with Gasteiger partial charge in [0, 0.05) is 31.7 Å². The molecule has 1 aromatic carbocycles. The van der Waals surface area contributed by atoms with Gasteiger partial charge in [-0.15, -0.1) is 0 Å². The molecule has 1 saturated heterocycles. The lowest BCUT2D eigenvalue weighted by atomic mass is 10.0. The van der Waals surface area contributed by atoms with Crippen molar-refractivity contribution in [2.45, 2.75) is 26.3 Å². The van der Waals surface area contributed by atoms with Crippen LogP contribution in [0.4, 0.5) is 0 Å². The van der Waals surface area contributed by atoms with E-state index in [1.54, 1.807) is 42.9 Å². The second-order valence-corrected chi connectivity index (χ2v) is 6.49. The van der Waals surface area contributed by atoms with Crippen LogP contribution in [0.1, 0.15) is 29.8 Å². The molecule has 6 heteroatoms. The smallest absolute Gasteiger partial charge is 0.254 e. The lowest BCUT2D eigenvalue weighted by molar-refractivity contribution is -0.137. The van der Waals surface area contributed by atoms with E-state index in [9.17, 15) is 9.59 Å². The molecule has 1 aliphatic rings. The van der Waals surface area contributed by atoms with Gasteiger partial charge >= 0.3 is 0 Å². The van der Waals surface area contributed by atoms with Gasteiger partial charge in [-0.1, -0.05) is 6.07 Å². The van der Waals surface area contributed by atoms with Crippen molar-refractivity contribution >= 4 is 11.8 Å². The predicted octanol–water partition coefficient (Wildman–Crippen LogP) is 1.03. The Bertz CT molecular complexity index is 600. The standard InChI is InChI=1S/C17H25N3O3/c1-12-5-6-13(11-14(12)23-4)15(21)19-7-9-20(10-8-19)16(22)17(2,3)18/h5-6,11H,7-10,18H2,1-4H3. The molecule has 6 nitrogen and oxygen atoms in total. The summed E-state index contributed by atoms with van der Waals surface area (Å²) in [6.07, 6.45) is 0. The highest BCUT2D eigenvalue weighted by molar-refractivity contribution is 5.95. The first-order valence-corrected chi connectivity index (χ1v) is 7.76. The van der Waals surface area contributed by atoms with Crippen LogP contribution < -0.4 is 10.5 Å². The summed E-state index contributed by atoms with van der Waals surface area (Å²) in [5.41, 5.74) is 6.57. The lowest BCUT2D eigenvalue weighted by Gasteiger charge is -2.37. The number of rotatable bonds is 3. The topological polar surface area (TPSA) is 75.9 Å². The fourth-order valence-electron chi connectivity index (χ4n) is 2.66. The van der Waals surface area contributed by atoms with Crippen molar-refractivity contribution in [1.29, 1.82) is 0 Å².